The lowest BCUT2D eigenvalue weighted by Gasteiger charge is -2.27. The minimum atomic E-state index is -4.97. The molecule has 1 aliphatic rings. The van der Waals surface area contributed by atoms with E-state index in [0.29, 0.717) is 0 Å². The first-order valence-electron chi connectivity index (χ1n) is 5.82. The molecule has 21 heavy (non-hydrogen) atoms. The number of alkyl halides is 3. The van der Waals surface area contributed by atoms with Gasteiger partial charge in [0.15, 0.2) is 5.41 Å². The molecule has 1 atom stereocenters. The SMILES string of the molecule is O=C(c1ccc(=O)[nH]n1)N1CCC(C(=O)O)(C(F)(F)F)C1. The average molecular weight is 305 g/mol. The number of carbonyl (C=O) groups is 2. The number of carboxylic acids is 1. The van der Waals surface area contributed by atoms with Crippen LogP contribution in [0.2, 0.25) is 0 Å². The van der Waals surface area contributed by atoms with Gasteiger partial charge in [-0.05, 0) is 12.5 Å². The second kappa shape index (κ2) is 4.86. The number of hydrogen-bond donors (Lipinski definition) is 2. The number of carboxylic acid groups (broad SMARTS) is 1. The molecule has 10 heteroatoms. The van der Waals surface area contributed by atoms with E-state index in [1.165, 1.54) is 0 Å². The number of aromatic nitrogens is 2. The van der Waals surface area contributed by atoms with Gasteiger partial charge in [-0.25, -0.2) is 5.10 Å². The molecule has 0 spiro atoms. The number of H-pyrrole nitrogens is 1. The highest BCUT2D eigenvalue weighted by atomic mass is 19.4. The van der Waals surface area contributed by atoms with E-state index < -0.39 is 42.0 Å². The number of aromatic amines is 1. The van der Waals surface area contributed by atoms with Crippen LogP contribution in [0.15, 0.2) is 16.9 Å². The second-order valence-electron chi connectivity index (χ2n) is 4.67. The van der Waals surface area contributed by atoms with E-state index in [9.17, 15) is 27.6 Å². The lowest BCUT2D eigenvalue weighted by atomic mass is 9.86. The molecular weight excluding hydrogens is 295 g/mol. The number of halogens is 3. The largest absolute Gasteiger partial charge is 0.481 e. The Morgan fingerprint density at radius 2 is 2.05 bits per heavy atom. The van der Waals surface area contributed by atoms with E-state index >= 15 is 0 Å². The number of carbonyl (C=O) groups excluding carboxylic acids is 1. The molecule has 1 aromatic rings. The molecular formula is C11H10F3N3O4. The Bertz CT molecular complexity index is 622. The summed E-state index contributed by atoms with van der Waals surface area (Å²) in [6.45, 7) is -1.34. The van der Waals surface area contributed by atoms with Gasteiger partial charge >= 0.3 is 12.1 Å². The van der Waals surface area contributed by atoms with E-state index in [2.05, 4.69) is 5.10 Å². The van der Waals surface area contributed by atoms with Gasteiger partial charge in [0, 0.05) is 19.2 Å². The number of likely N-dealkylation sites (tertiary alicyclic amines) is 1. The molecule has 0 radical (unpaired) electrons. The van der Waals surface area contributed by atoms with Crippen molar-refractivity contribution >= 4 is 11.9 Å². The summed E-state index contributed by atoms with van der Waals surface area (Å²) in [5.74, 6) is -2.88. The highest BCUT2D eigenvalue weighted by Crippen LogP contribution is 2.45. The van der Waals surface area contributed by atoms with Crippen LogP contribution in [-0.2, 0) is 4.79 Å². The van der Waals surface area contributed by atoms with Crippen LogP contribution >= 0.6 is 0 Å². The molecule has 1 aromatic heterocycles. The van der Waals surface area contributed by atoms with Crippen LogP contribution in [-0.4, -0.2) is 51.3 Å². The summed E-state index contributed by atoms with van der Waals surface area (Å²) in [6, 6.07) is 2.07. The van der Waals surface area contributed by atoms with Crippen molar-refractivity contribution in [3.05, 3.63) is 28.2 Å². The van der Waals surface area contributed by atoms with Crippen molar-refractivity contribution in [2.45, 2.75) is 12.6 Å². The van der Waals surface area contributed by atoms with Gasteiger partial charge in [0.2, 0.25) is 0 Å². The van der Waals surface area contributed by atoms with Gasteiger partial charge in [0.1, 0.15) is 5.69 Å². The van der Waals surface area contributed by atoms with E-state index in [1.54, 1.807) is 0 Å². The highest BCUT2D eigenvalue weighted by Gasteiger charge is 2.64. The Balaban J connectivity index is 2.25. The van der Waals surface area contributed by atoms with Crippen molar-refractivity contribution in [1.82, 2.24) is 15.1 Å². The summed E-state index contributed by atoms with van der Waals surface area (Å²) in [7, 11) is 0. The maximum absolute atomic E-state index is 13.0. The van der Waals surface area contributed by atoms with Gasteiger partial charge in [-0.3, -0.25) is 14.4 Å². The van der Waals surface area contributed by atoms with Gasteiger partial charge in [0.25, 0.3) is 11.5 Å². The van der Waals surface area contributed by atoms with Gasteiger partial charge < -0.3 is 10.0 Å². The second-order valence-corrected chi connectivity index (χ2v) is 4.67. The minimum absolute atomic E-state index is 0.252. The van der Waals surface area contributed by atoms with Crippen LogP contribution in [0.1, 0.15) is 16.9 Å². The number of nitrogens with one attached hydrogen (secondary N) is 1. The van der Waals surface area contributed by atoms with E-state index in [0.717, 1.165) is 17.0 Å². The van der Waals surface area contributed by atoms with Gasteiger partial charge in [0.05, 0.1) is 0 Å². The maximum Gasteiger partial charge on any atom is 0.406 e. The summed E-state index contributed by atoms with van der Waals surface area (Å²) < 4.78 is 38.9. The lowest BCUT2D eigenvalue weighted by molar-refractivity contribution is -0.227. The quantitative estimate of drug-likeness (QED) is 0.815. The monoisotopic (exact) mass is 305 g/mol. The molecule has 0 bridgehead atoms. The van der Waals surface area contributed by atoms with Gasteiger partial charge in [-0.1, -0.05) is 0 Å². The zero-order valence-electron chi connectivity index (χ0n) is 10.5. The smallest absolute Gasteiger partial charge is 0.406 e. The first-order valence-corrected chi connectivity index (χ1v) is 5.82. The number of nitrogens with zero attached hydrogens (tertiary/aromatic N) is 2. The zero-order chi connectivity index (χ0) is 15.8. The Morgan fingerprint density at radius 1 is 1.38 bits per heavy atom. The van der Waals surface area contributed by atoms with E-state index in [1.807, 2.05) is 5.10 Å². The first kappa shape index (κ1) is 15.0. The van der Waals surface area contributed by atoms with Crippen molar-refractivity contribution in [3.63, 3.8) is 0 Å². The molecule has 0 aliphatic carbocycles. The molecule has 1 amide bonds. The van der Waals surface area contributed by atoms with Crippen LogP contribution in [0.25, 0.3) is 0 Å². The molecule has 1 fully saturated rings. The molecule has 0 aromatic carbocycles. The molecule has 1 unspecified atom stereocenters. The zero-order valence-corrected chi connectivity index (χ0v) is 10.5. The summed E-state index contributed by atoms with van der Waals surface area (Å²) in [5.41, 5.74) is -3.79. The average Bonchev–Trinajstić information content (AvgIpc) is 2.84. The predicted octanol–water partition coefficient (Wildman–Crippen LogP) is 0.249. The Kier molecular flexibility index (Phi) is 3.47. The third-order valence-corrected chi connectivity index (χ3v) is 3.41. The minimum Gasteiger partial charge on any atom is -0.481 e. The van der Waals surface area contributed by atoms with Crippen LogP contribution in [0, 0.1) is 5.41 Å². The summed E-state index contributed by atoms with van der Waals surface area (Å²) in [4.78, 5) is 34.6. The van der Waals surface area contributed by atoms with Crippen molar-refractivity contribution in [3.8, 4) is 0 Å². The Labute approximate surface area is 115 Å². The number of amides is 1. The molecule has 2 heterocycles. The Hall–Kier alpha value is -2.39. The maximum atomic E-state index is 13.0. The topological polar surface area (TPSA) is 103 Å². The number of rotatable bonds is 2. The molecule has 114 valence electrons. The molecule has 1 saturated heterocycles. The molecule has 0 saturated carbocycles. The highest BCUT2D eigenvalue weighted by molar-refractivity contribution is 5.93. The fourth-order valence-electron chi connectivity index (χ4n) is 2.14. The van der Waals surface area contributed by atoms with E-state index in [-0.39, 0.29) is 12.2 Å². The Morgan fingerprint density at radius 3 is 2.48 bits per heavy atom. The normalized spacial score (nSPS) is 22.3. The summed E-state index contributed by atoms with van der Waals surface area (Å²) in [5, 5.41) is 14.3. The molecule has 7 nitrogen and oxygen atoms in total. The fraction of sp³-hybridized carbons (Fsp3) is 0.455. The lowest BCUT2D eigenvalue weighted by Crippen LogP contribution is -2.47. The predicted molar refractivity (Wildman–Crippen MR) is 61.5 cm³/mol. The van der Waals surface area contributed by atoms with E-state index in [4.69, 9.17) is 5.11 Å². The van der Waals surface area contributed by atoms with Crippen LogP contribution < -0.4 is 5.56 Å². The summed E-state index contributed by atoms with van der Waals surface area (Å²) in [6.07, 6.45) is -5.69. The number of hydrogen-bond acceptors (Lipinski definition) is 4. The van der Waals surface area contributed by atoms with Crippen LogP contribution in [0.4, 0.5) is 13.2 Å². The van der Waals surface area contributed by atoms with Crippen molar-refractivity contribution in [2.24, 2.45) is 5.41 Å². The standard InChI is InChI=1S/C11H10F3N3O4/c12-11(13,14)10(9(20)21)3-4-17(5-10)8(19)6-1-2-7(18)16-15-6/h1-2H,3-5H2,(H,16,18)(H,20,21). The molecule has 2 N–H and O–H groups in total. The molecule has 2 rings (SSSR count). The third kappa shape index (κ3) is 2.48. The van der Waals surface area contributed by atoms with Gasteiger partial charge in [-0.2, -0.15) is 18.3 Å². The van der Waals surface area contributed by atoms with Crippen LogP contribution in [0.5, 0.6) is 0 Å². The number of aliphatic carboxylic acids is 1. The van der Waals surface area contributed by atoms with Crippen molar-refractivity contribution in [1.29, 1.82) is 0 Å². The first-order chi connectivity index (χ1) is 9.67. The summed E-state index contributed by atoms with van der Waals surface area (Å²) >= 11 is 0. The third-order valence-electron chi connectivity index (χ3n) is 3.41. The fourth-order valence-corrected chi connectivity index (χ4v) is 2.14. The van der Waals surface area contributed by atoms with Crippen molar-refractivity contribution in [2.75, 3.05) is 13.1 Å². The molecule has 1 aliphatic heterocycles. The van der Waals surface area contributed by atoms with Crippen LogP contribution in [0.3, 0.4) is 0 Å². The van der Waals surface area contributed by atoms with Gasteiger partial charge in [-0.15, -0.1) is 0 Å². The van der Waals surface area contributed by atoms with Crippen molar-refractivity contribution < 1.29 is 27.9 Å².